The molecule has 0 radical (unpaired) electrons. The van der Waals surface area contributed by atoms with Crippen molar-refractivity contribution in [2.75, 3.05) is 32.4 Å². The highest BCUT2D eigenvalue weighted by Gasteiger charge is 2.26. The van der Waals surface area contributed by atoms with Crippen LogP contribution >= 0.6 is 11.8 Å². The van der Waals surface area contributed by atoms with E-state index in [1.165, 1.54) is 4.90 Å². The van der Waals surface area contributed by atoms with E-state index >= 15 is 0 Å². The third kappa shape index (κ3) is 6.72. The van der Waals surface area contributed by atoms with Gasteiger partial charge in [-0.05, 0) is 68.3 Å². The monoisotopic (exact) mass is 468 g/mol. The minimum absolute atomic E-state index is 0.206. The van der Waals surface area contributed by atoms with E-state index in [1.54, 1.807) is 11.8 Å². The summed E-state index contributed by atoms with van der Waals surface area (Å²) in [6.07, 6.45) is 2.83. The summed E-state index contributed by atoms with van der Waals surface area (Å²) in [4.78, 5) is 22.4. The van der Waals surface area contributed by atoms with E-state index in [2.05, 4.69) is 46.5 Å². The second-order valence-corrected chi connectivity index (χ2v) is 9.69. The Hall–Kier alpha value is -2.55. The molecule has 1 aliphatic heterocycles. The molecule has 0 bridgehead atoms. The molecule has 0 saturated carbocycles. The average molecular weight is 469 g/mol. The summed E-state index contributed by atoms with van der Waals surface area (Å²) in [5, 5.41) is 11.1. The largest absolute Gasteiger partial charge is 0.465 e. The lowest BCUT2D eigenvalue weighted by Crippen LogP contribution is -2.35. The van der Waals surface area contributed by atoms with Gasteiger partial charge in [0.2, 0.25) is 0 Å². The van der Waals surface area contributed by atoms with E-state index < -0.39 is 6.09 Å². The normalized spacial score (nSPS) is 16.2. The molecule has 1 atom stereocenters. The van der Waals surface area contributed by atoms with E-state index in [-0.39, 0.29) is 12.2 Å². The van der Waals surface area contributed by atoms with Crippen LogP contribution in [0, 0.1) is 0 Å². The lowest BCUT2D eigenvalue weighted by Gasteiger charge is -2.31. The minimum Gasteiger partial charge on any atom is -0.465 e. The standard InChI is InChI=1S/C25H32N4O3S/c1-29-14-11-19(12-15-29)32-23(24-27-21-9-2-3-10-22(21)28-24)18-7-6-8-20(17-18)33-16-5-4-13-26-25(30)31/h2-3,6-10,17,19,23,26H,4-5,11-16H2,1H3,(H,27,28)(H,30,31). The fourth-order valence-electron chi connectivity index (χ4n) is 4.09. The number of carbonyl (C=O) groups is 1. The number of H-pyrrole nitrogens is 1. The van der Waals surface area contributed by atoms with Gasteiger partial charge in [0.15, 0.2) is 0 Å². The maximum Gasteiger partial charge on any atom is 0.404 e. The van der Waals surface area contributed by atoms with E-state index in [9.17, 15) is 4.79 Å². The Morgan fingerprint density at radius 2 is 2.06 bits per heavy atom. The van der Waals surface area contributed by atoms with Gasteiger partial charge in [0, 0.05) is 24.5 Å². The zero-order chi connectivity index (χ0) is 23.0. The van der Waals surface area contributed by atoms with Crippen LogP contribution in [0.15, 0.2) is 53.4 Å². The Labute approximate surface area is 198 Å². The van der Waals surface area contributed by atoms with Crippen LogP contribution in [-0.2, 0) is 4.74 Å². The van der Waals surface area contributed by atoms with Crippen LogP contribution in [0.5, 0.6) is 0 Å². The van der Waals surface area contributed by atoms with Crippen molar-refractivity contribution in [3.05, 3.63) is 59.9 Å². The average Bonchev–Trinajstić information content (AvgIpc) is 3.25. The van der Waals surface area contributed by atoms with Gasteiger partial charge < -0.3 is 25.0 Å². The summed E-state index contributed by atoms with van der Waals surface area (Å²) in [5.74, 6) is 1.78. The molecule has 33 heavy (non-hydrogen) atoms. The Balaban J connectivity index is 1.47. The first-order valence-electron chi connectivity index (χ1n) is 11.6. The molecule has 3 aromatic rings. The number of benzene rings is 2. The predicted molar refractivity (Wildman–Crippen MR) is 132 cm³/mol. The van der Waals surface area contributed by atoms with Crippen molar-refractivity contribution in [1.29, 1.82) is 0 Å². The fourth-order valence-corrected chi connectivity index (χ4v) is 5.07. The summed E-state index contributed by atoms with van der Waals surface area (Å²) in [6.45, 7) is 2.59. The van der Waals surface area contributed by atoms with Crippen molar-refractivity contribution in [3.63, 3.8) is 0 Å². The number of thioether (sulfide) groups is 1. The van der Waals surface area contributed by atoms with Crippen molar-refractivity contribution >= 4 is 28.9 Å². The number of fused-ring (bicyclic) bond motifs is 1. The molecular formula is C25H32N4O3S. The number of carboxylic acid groups (broad SMARTS) is 1. The van der Waals surface area contributed by atoms with E-state index in [0.29, 0.717) is 6.54 Å². The van der Waals surface area contributed by atoms with Crippen LogP contribution < -0.4 is 5.32 Å². The van der Waals surface area contributed by atoms with Crippen molar-refractivity contribution in [1.82, 2.24) is 20.2 Å². The van der Waals surface area contributed by atoms with Crippen LogP contribution in [0.4, 0.5) is 4.79 Å². The van der Waals surface area contributed by atoms with Gasteiger partial charge >= 0.3 is 6.09 Å². The number of rotatable bonds is 10. The number of hydrogen-bond donors (Lipinski definition) is 3. The molecule has 176 valence electrons. The zero-order valence-electron chi connectivity index (χ0n) is 19.0. The predicted octanol–water partition coefficient (Wildman–Crippen LogP) is 4.90. The molecule has 1 aromatic heterocycles. The van der Waals surface area contributed by atoms with E-state index in [0.717, 1.165) is 66.9 Å². The van der Waals surface area contributed by atoms with Gasteiger partial charge in [0.05, 0.1) is 17.1 Å². The summed E-state index contributed by atoms with van der Waals surface area (Å²) in [6, 6.07) is 16.6. The van der Waals surface area contributed by atoms with E-state index in [4.69, 9.17) is 14.8 Å². The van der Waals surface area contributed by atoms with Gasteiger partial charge in [0.25, 0.3) is 0 Å². The number of aromatic amines is 1. The molecule has 7 nitrogen and oxygen atoms in total. The second-order valence-electron chi connectivity index (χ2n) is 8.52. The number of hydrogen-bond acceptors (Lipinski definition) is 5. The zero-order valence-corrected chi connectivity index (χ0v) is 19.8. The molecule has 3 N–H and O–H groups in total. The van der Waals surface area contributed by atoms with Crippen molar-refractivity contribution in [2.24, 2.45) is 0 Å². The molecule has 0 aliphatic carbocycles. The number of ether oxygens (including phenoxy) is 1. The molecule has 1 unspecified atom stereocenters. The molecule has 8 heteroatoms. The Morgan fingerprint density at radius 1 is 1.24 bits per heavy atom. The molecule has 2 aromatic carbocycles. The quantitative estimate of drug-likeness (QED) is 0.290. The van der Waals surface area contributed by atoms with Crippen LogP contribution in [0.2, 0.25) is 0 Å². The highest BCUT2D eigenvalue weighted by Crippen LogP contribution is 2.32. The highest BCUT2D eigenvalue weighted by atomic mass is 32.2. The van der Waals surface area contributed by atoms with Crippen molar-refractivity contribution < 1.29 is 14.6 Å². The number of amides is 1. The SMILES string of the molecule is CN1CCC(OC(c2cccc(SCCCCNC(=O)O)c2)c2nc3ccccc3[nH]2)CC1. The molecule has 1 fully saturated rings. The molecule has 4 rings (SSSR count). The number of piperidine rings is 1. The first-order valence-corrected chi connectivity index (χ1v) is 12.6. The summed E-state index contributed by atoms with van der Waals surface area (Å²) in [7, 11) is 2.16. The Kier molecular flexibility index (Phi) is 8.25. The minimum atomic E-state index is -0.961. The van der Waals surface area contributed by atoms with Gasteiger partial charge in [-0.1, -0.05) is 24.3 Å². The Morgan fingerprint density at radius 3 is 2.85 bits per heavy atom. The number of unbranched alkanes of at least 4 members (excludes halogenated alkanes) is 1. The third-order valence-corrected chi connectivity index (χ3v) is 7.01. The topological polar surface area (TPSA) is 90.5 Å². The van der Waals surface area contributed by atoms with Crippen LogP contribution in [-0.4, -0.2) is 64.6 Å². The Bertz CT molecular complexity index is 1020. The van der Waals surface area contributed by atoms with Crippen molar-refractivity contribution in [2.45, 2.75) is 42.8 Å². The molecule has 1 aliphatic rings. The van der Waals surface area contributed by atoms with Gasteiger partial charge in [-0.15, -0.1) is 11.8 Å². The fraction of sp³-hybridized carbons (Fsp3) is 0.440. The van der Waals surface area contributed by atoms with Crippen LogP contribution in [0.1, 0.15) is 43.2 Å². The molecule has 0 spiro atoms. The van der Waals surface area contributed by atoms with Crippen LogP contribution in [0.25, 0.3) is 11.0 Å². The third-order valence-electron chi connectivity index (χ3n) is 5.93. The smallest absolute Gasteiger partial charge is 0.404 e. The molecular weight excluding hydrogens is 436 g/mol. The number of para-hydroxylation sites is 2. The number of aromatic nitrogens is 2. The van der Waals surface area contributed by atoms with Gasteiger partial charge in [-0.3, -0.25) is 0 Å². The number of nitrogens with one attached hydrogen (secondary N) is 2. The second kappa shape index (κ2) is 11.5. The van der Waals surface area contributed by atoms with Gasteiger partial charge in [0.1, 0.15) is 11.9 Å². The summed E-state index contributed by atoms with van der Waals surface area (Å²) >= 11 is 1.79. The summed E-state index contributed by atoms with van der Waals surface area (Å²) in [5.41, 5.74) is 3.07. The summed E-state index contributed by atoms with van der Waals surface area (Å²) < 4.78 is 6.68. The van der Waals surface area contributed by atoms with Gasteiger partial charge in [-0.25, -0.2) is 9.78 Å². The number of imidazole rings is 1. The lowest BCUT2D eigenvalue weighted by molar-refractivity contribution is -0.0264. The lowest BCUT2D eigenvalue weighted by atomic mass is 10.1. The highest BCUT2D eigenvalue weighted by molar-refractivity contribution is 7.99. The van der Waals surface area contributed by atoms with Gasteiger partial charge in [-0.2, -0.15) is 0 Å². The first-order chi connectivity index (χ1) is 16.1. The maximum absolute atomic E-state index is 10.5. The van der Waals surface area contributed by atoms with Crippen molar-refractivity contribution in [3.8, 4) is 0 Å². The van der Waals surface area contributed by atoms with E-state index in [1.807, 2.05) is 24.3 Å². The number of likely N-dealkylation sites (tertiary alicyclic amines) is 1. The number of nitrogens with zero attached hydrogens (tertiary/aromatic N) is 2. The molecule has 2 heterocycles. The maximum atomic E-state index is 10.5. The van der Waals surface area contributed by atoms with Crippen LogP contribution in [0.3, 0.4) is 0 Å². The first kappa shape index (κ1) is 23.6. The molecule has 1 amide bonds. The molecule has 1 saturated heterocycles.